The first-order valence-corrected chi connectivity index (χ1v) is 11.7. The Morgan fingerprint density at radius 1 is 1.07 bits per heavy atom. The predicted octanol–water partition coefficient (Wildman–Crippen LogP) is 4.89. The largest absolute Gasteiger partial charge is 0.475 e. The van der Waals surface area contributed by atoms with Gasteiger partial charge in [-0.15, -0.1) is 0 Å². The molecule has 2 aromatic heterocycles. The first kappa shape index (κ1) is 30.5. The molecule has 0 aliphatic heterocycles. The van der Waals surface area contributed by atoms with Crippen molar-refractivity contribution < 1.29 is 45.0 Å². The van der Waals surface area contributed by atoms with Crippen molar-refractivity contribution in [2.24, 2.45) is 5.92 Å². The standard InChI is InChI=1S/C25H23F7N4O4/c1-13(2)23(38)34-11-15-3-5-16(25(30,31)32)20(21(15)26)22-35-17(9-18(37)36-22)14-4-6-19(33-10-14)40-8-7-39-12-24(27,28)29/h3-6,9-10,13H,7-8,11-12H2,1-2H3,(H,34,38)(H,35,36,37). The zero-order valence-electron chi connectivity index (χ0n) is 21.0. The summed E-state index contributed by atoms with van der Waals surface area (Å²) in [5.74, 6) is -2.92. The maximum Gasteiger partial charge on any atom is 0.417 e. The molecule has 2 N–H and O–H groups in total. The van der Waals surface area contributed by atoms with Crippen LogP contribution in [-0.2, 0) is 22.3 Å². The number of aromatic amines is 1. The number of nitrogens with one attached hydrogen (secondary N) is 2. The molecule has 0 bridgehead atoms. The van der Waals surface area contributed by atoms with Gasteiger partial charge in [-0.3, -0.25) is 9.59 Å². The van der Waals surface area contributed by atoms with Gasteiger partial charge in [-0.2, -0.15) is 26.3 Å². The SMILES string of the molecule is CC(C)C(=O)NCc1ccc(C(F)(F)F)c(-c2nc(-c3ccc(OCCOCC(F)(F)F)nc3)cc(=O)[nH]2)c1F. The fourth-order valence-electron chi connectivity index (χ4n) is 3.34. The third kappa shape index (κ3) is 8.24. The molecular weight excluding hydrogens is 553 g/mol. The van der Waals surface area contributed by atoms with Crippen LogP contribution < -0.4 is 15.6 Å². The van der Waals surface area contributed by atoms with Gasteiger partial charge in [-0.25, -0.2) is 14.4 Å². The molecule has 0 aliphatic carbocycles. The van der Waals surface area contributed by atoms with E-state index in [0.717, 1.165) is 18.3 Å². The van der Waals surface area contributed by atoms with Crippen LogP contribution in [-0.4, -0.2) is 46.9 Å². The molecule has 3 rings (SSSR count). The number of rotatable bonds is 10. The van der Waals surface area contributed by atoms with E-state index in [1.54, 1.807) is 13.8 Å². The summed E-state index contributed by atoms with van der Waals surface area (Å²) in [6.45, 7) is 0.726. The number of ether oxygens (including phenoxy) is 2. The van der Waals surface area contributed by atoms with Gasteiger partial charge in [0.15, 0.2) is 0 Å². The van der Waals surface area contributed by atoms with Crippen LogP contribution in [0.4, 0.5) is 30.7 Å². The summed E-state index contributed by atoms with van der Waals surface area (Å²) >= 11 is 0. The summed E-state index contributed by atoms with van der Waals surface area (Å²) in [5, 5.41) is 2.43. The van der Waals surface area contributed by atoms with Crippen molar-refractivity contribution >= 4 is 5.91 Å². The number of halogens is 7. The summed E-state index contributed by atoms with van der Waals surface area (Å²) in [6.07, 6.45) is -8.32. The summed E-state index contributed by atoms with van der Waals surface area (Å²) in [4.78, 5) is 34.3. The highest BCUT2D eigenvalue weighted by atomic mass is 19.4. The van der Waals surface area contributed by atoms with E-state index >= 15 is 4.39 Å². The lowest BCUT2D eigenvalue weighted by Gasteiger charge is -2.17. The van der Waals surface area contributed by atoms with Gasteiger partial charge >= 0.3 is 12.4 Å². The Hall–Kier alpha value is -4.01. The third-order valence-electron chi connectivity index (χ3n) is 5.26. The van der Waals surface area contributed by atoms with Crippen LogP contribution in [0.2, 0.25) is 0 Å². The smallest absolute Gasteiger partial charge is 0.417 e. The third-order valence-corrected chi connectivity index (χ3v) is 5.26. The van der Waals surface area contributed by atoms with Gasteiger partial charge in [-0.05, 0) is 12.1 Å². The van der Waals surface area contributed by atoms with Crippen molar-refractivity contribution in [3.8, 4) is 28.5 Å². The van der Waals surface area contributed by atoms with Crippen LogP contribution >= 0.6 is 0 Å². The number of amides is 1. The van der Waals surface area contributed by atoms with Gasteiger partial charge in [0.2, 0.25) is 11.8 Å². The Morgan fingerprint density at radius 3 is 2.40 bits per heavy atom. The molecule has 0 unspecified atom stereocenters. The topological polar surface area (TPSA) is 106 Å². The zero-order chi connectivity index (χ0) is 29.7. The highest BCUT2D eigenvalue weighted by molar-refractivity contribution is 5.78. The molecule has 1 amide bonds. The minimum Gasteiger partial charge on any atom is -0.475 e. The lowest BCUT2D eigenvalue weighted by Crippen LogP contribution is -2.27. The van der Waals surface area contributed by atoms with Gasteiger partial charge in [0.1, 0.15) is 24.9 Å². The van der Waals surface area contributed by atoms with Crippen molar-refractivity contribution in [1.29, 1.82) is 0 Å². The lowest BCUT2D eigenvalue weighted by atomic mass is 10.0. The van der Waals surface area contributed by atoms with Crippen molar-refractivity contribution in [3.05, 3.63) is 63.8 Å². The van der Waals surface area contributed by atoms with Crippen molar-refractivity contribution in [2.75, 3.05) is 19.8 Å². The molecule has 0 spiro atoms. The molecule has 0 fully saturated rings. The molecule has 216 valence electrons. The van der Waals surface area contributed by atoms with E-state index in [4.69, 9.17) is 4.74 Å². The molecule has 40 heavy (non-hydrogen) atoms. The second kappa shape index (κ2) is 12.4. The summed E-state index contributed by atoms with van der Waals surface area (Å²) < 4.78 is 103. The maximum atomic E-state index is 15.4. The Bertz CT molecular complexity index is 1390. The minimum atomic E-state index is -5.01. The Balaban J connectivity index is 1.90. The first-order chi connectivity index (χ1) is 18.7. The zero-order valence-corrected chi connectivity index (χ0v) is 21.0. The molecular formula is C25H23F7N4O4. The predicted molar refractivity (Wildman–Crippen MR) is 128 cm³/mol. The molecule has 0 saturated heterocycles. The summed E-state index contributed by atoms with van der Waals surface area (Å²) in [6, 6.07) is 5.13. The fraction of sp³-hybridized carbons (Fsp3) is 0.360. The number of aromatic nitrogens is 3. The van der Waals surface area contributed by atoms with Crippen LogP contribution in [0.25, 0.3) is 22.6 Å². The minimum absolute atomic E-state index is 0.00836. The molecule has 8 nitrogen and oxygen atoms in total. The number of nitrogens with zero attached hydrogens (tertiary/aromatic N) is 2. The number of benzene rings is 1. The molecule has 0 radical (unpaired) electrons. The van der Waals surface area contributed by atoms with E-state index in [9.17, 15) is 35.9 Å². The van der Waals surface area contributed by atoms with Crippen LogP contribution in [0.15, 0.2) is 41.3 Å². The van der Waals surface area contributed by atoms with Gasteiger partial charge in [-0.1, -0.05) is 19.9 Å². The summed E-state index contributed by atoms with van der Waals surface area (Å²) in [7, 11) is 0. The Kier molecular flexibility index (Phi) is 9.50. The molecule has 1 aromatic carbocycles. The molecule has 3 aromatic rings. The van der Waals surface area contributed by atoms with Crippen molar-refractivity contribution in [2.45, 2.75) is 32.7 Å². The van der Waals surface area contributed by atoms with E-state index in [0.29, 0.717) is 6.07 Å². The van der Waals surface area contributed by atoms with Gasteiger partial charge in [0, 0.05) is 41.9 Å². The van der Waals surface area contributed by atoms with Crippen LogP contribution in [0.1, 0.15) is 25.0 Å². The highest BCUT2D eigenvalue weighted by Crippen LogP contribution is 2.38. The Morgan fingerprint density at radius 2 is 1.80 bits per heavy atom. The lowest BCUT2D eigenvalue weighted by molar-refractivity contribution is -0.175. The van der Waals surface area contributed by atoms with Gasteiger partial charge < -0.3 is 19.8 Å². The number of hydrogen-bond acceptors (Lipinski definition) is 6. The van der Waals surface area contributed by atoms with Crippen molar-refractivity contribution in [1.82, 2.24) is 20.3 Å². The molecule has 0 saturated carbocycles. The highest BCUT2D eigenvalue weighted by Gasteiger charge is 2.37. The fourth-order valence-corrected chi connectivity index (χ4v) is 3.34. The number of carbonyl (C=O) groups excluding carboxylic acids is 1. The van der Waals surface area contributed by atoms with Gasteiger partial charge in [0.25, 0.3) is 5.56 Å². The maximum absolute atomic E-state index is 15.4. The average molecular weight is 576 g/mol. The van der Waals surface area contributed by atoms with Crippen LogP contribution in [0.5, 0.6) is 5.88 Å². The van der Waals surface area contributed by atoms with E-state index in [-0.39, 0.29) is 35.9 Å². The second-order valence-corrected chi connectivity index (χ2v) is 8.71. The molecule has 15 heteroatoms. The van der Waals surface area contributed by atoms with Crippen LogP contribution in [0.3, 0.4) is 0 Å². The number of hydrogen-bond donors (Lipinski definition) is 2. The molecule has 0 aliphatic rings. The van der Waals surface area contributed by atoms with E-state index in [1.807, 2.05) is 0 Å². The van der Waals surface area contributed by atoms with Gasteiger partial charge in [0.05, 0.1) is 23.4 Å². The number of H-pyrrole nitrogens is 1. The van der Waals surface area contributed by atoms with Crippen molar-refractivity contribution in [3.63, 3.8) is 0 Å². The average Bonchev–Trinajstić information content (AvgIpc) is 2.86. The normalized spacial score (nSPS) is 12.1. The quantitative estimate of drug-likeness (QED) is 0.263. The monoisotopic (exact) mass is 576 g/mol. The first-order valence-electron chi connectivity index (χ1n) is 11.7. The second-order valence-electron chi connectivity index (χ2n) is 8.71. The Labute approximate surface area is 222 Å². The number of carbonyl (C=O) groups is 1. The summed E-state index contributed by atoms with van der Waals surface area (Å²) in [5.41, 5.74) is -3.52. The number of pyridine rings is 1. The number of alkyl halides is 6. The van der Waals surface area contributed by atoms with E-state index < -0.39 is 65.7 Å². The molecule has 2 heterocycles. The van der Waals surface area contributed by atoms with Crippen LogP contribution in [0, 0.1) is 11.7 Å². The van der Waals surface area contributed by atoms with E-state index in [2.05, 4.69) is 25.0 Å². The van der Waals surface area contributed by atoms with E-state index in [1.165, 1.54) is 12.1 Å². The molecule has 0 atom stereocenters.